The second kappa shape index (κ2) is 11.5. The van der Waals surface area contributed by atoms with Crippen molar-refractivity contribution in [3.8, 4) is 5.75 Å². The fourth-order valence-corrected chi connectivity index (χ4v) is 5.79. The molecule has 2 aromatic carbocycles. The molecule has 2 heterocycles. The Hall–Kier alpha value is -2.81. The second-order valence-electron chi connectivity index (χ2n) is 8.07. The lowest BCUT2D eigenvalue weighted by Gasteiger charge is -2.27. The molecule has 1 aromatic heterocycles. The summed E-state index contributed by atoms with van der Waals surface area (Å²) >= 11 is 9.34. The standard InChI is InChI=1S/C27H27ClN2O4S2/c1-5-7-20-23(26(32)34-6-2)24(19-15-17(28)10-13-21(19)33-3)30-25(31)22(36-27(30)29-20)14-16-8-11-18(35-4)12-9-16/h8-15,24H,5-7H2,1-4H3/b22-14+/t24-/m1/s1. The van der Waals surface area contributed by atoms with Crippen LogP contribution < -0.4 is 19.6 Å². The average molecular weight is 543 g/mol. The smallest absolute Gasteiger partial charge is 0.338 e. The van der Waals surface area contributed by atoms with Gasteiger partial charge in [0.15, 0.2) is 4.80 Å². The number of ether oxygens (including phenoxy) is 2. The van der Waals surface area contributed by atoms with E-state index in [1.807, 2.05) is 43.5 Å². The molecule has 188 valence electrons. The van der Waals surface area contributed by atoms with Gasteiger partial charge in [-0.2, -0.15) is 0 Å². The first-order chi connectivity index (χ1) is 17.4. The molecule has 0 unspecified atom stereocenters. The second-order valence-corrected chi connectivity index (χ2v) is 10.4. The van der Waals surface area contributed by atoms with Gasteiger partial charge in [-0.3, -0.25) is 9.36 Å². The molecule has 0 N–H and O–H groups in total. The summed E-state index contributed by atoms with van der Waals surface area (Å²) in [7, 11) is 1.55. The summed E-state index contributed by atoms with van der Waals surface area (Å²) in [5.74, 6) is 0.0184. The quantitative estimate of drug-likeness (QED) is 0.297. The van der Waals surface area contributed by atoms with Crippen LogP contribution in [0.1, 0.15) is 43.9 Å². The van der Waals surface area contributed by atoms with Gasteiger partial charge in [-0.15, -0.1) is 11.8 Å². The minimum absolute atomic E-state index is 0.206. The highest BCUT2D eigenvalue weighted by atomic mass is 35.5. The van der Waals surface area contributed by atoms with Crippen molar-refractivity contribution in [2.45, 2.75) is 37.6 Å². The number of nitrogens with zero attached hydrogens (tertiary/aromatic N) is 2. The number of allylic oxidation sites excluding steroid dienone is 1. The number of carbonyl (C=O) groups excluding carboxylic acids is 1. The average Bonchev–Trinajstić information content (AvgIpc) is 3.18. The first-order valence-corrected chi connectivity index (χ1v) is 14.0. The molecule has 0 saturated carbocycles. The largest absolute Gasteiger partial charge is 0.496 e. The predicted octanol–water partition coefficient (Wildman–Crippen LogP) is 4.96. The van der Waals surface area contributed by atoms with E-state index < -0.39 is 12.0 Å². The molecule has 0 amide bonds. The molecular weight excluding hydrogens is 516 g/mol. The van der Waals surface area contributed by atoms with E-state index in [0.29, 0.717) is 43.4 Å². The fraction of sp³-hybridized carbons (Fsp3) is 0.296. The Morgan fingerprint density at radius 1 is 1.22 bits per heavy atom. The van der Waals surface area contributed by atoms with E-state index in [1.165, 1.54) is 11.3 Å². The van der Waals surface area contributed by atoms with Crippen LogP contribution in [0.3, 0.4) is 0 Å². The Kier molecular flexibility index (Phi) is 8.39. The molecule has 36 heavy (non-hydrogen) atoms. The SMILES string of the molecule is CCCC1=C(C(=O)OCC)[C@@H](c2cc(Cl)ccc2OC)n2c(s/c(=C/c3ccc(SC)cc3)c2=O)=N1. The summed E-state index contributed by atoms with van der Waals surface area (Å²) in [6.07, 6.45) is 5.21. The van der Waals surface area contributed by atoms with Crippen LogP contribution in [-0.2, 0) is 9.53 Å². The molecule has 0 spiro atoms. The number of thiazole rings is 1. The zero-order valence-corrected chi connectivity index (χ0v) is 22.9. The van der Waals surface area contributed by atoms with Gasteiger partial charge in [-0.05, 0) is 61.6 Å². The number of hydrogen-bond acceptors (Lipinski definition) is 7. The number of benzene rings is 2. The summed E-state index contributed by atoms with van der Waals surface area (Å²) in [4.78, 5) is 33.6. The Labute approximate surface area is 222 Å². The highest BCUT2D eigenvalue weighted by molar-refractivity contribution is 7.98. The van der Waals surface area contributed by atoms with Gasteiger partial charge in [-0.1, -0.05) is 48.4 Å². The minimum atomic E-state index is -0.781. The van der Waals surface area contributed by atoms with E-state index >= 15 is 0 Å². The number of thioether (sulfide) groups is 1. The molecule has 1 atom stereocenters. The number of fused-ring (bicyclic) bond motifs is 1. The monoisotopic (exact) mass is 542 g/mol. The molecule has 1 aliphatic rings. The molecule has 4 rings (SSSR count). The van der Waals surface area contributed by atoms with Crippen LogP contribution in [-0.4, -0.2) is 30.5 Å². The highest BCUT2D eigenvalue weighted by Gasteiger charge is 2.36. The van der Waals surface area contributed by atoms with E-state index in [4.69, 9.17) is 26.1 Å². The zero-order chi connectivity index (χ0) is 25.8. The molecule has 0 fully saturated rings. The molecule has 3 aromatic rings. The maximum Gasteiger partial charge on any atom is 0.338 e. The first kappa shape index (κ1) is 26.3. The van der Waals surface area contributed by atoms with E-state index in [2.05, 4.69) is 0 Å². The number of methoxy groups -OCH3 is 1. The summed E-state index contributed by atoms with van der Waals surface area (Å²) in [6.45, 7) is 3.98. The third-order valence-electron chi connectivity index (χ3n) is 5.79. The number of halogens is 1. The third-order valence-corrected chi connectivity index (χ3v) is 7.75. The molecular formula is C27H27ClN2O4S2. The van der Waals surface area contributed by atoms with Crippen LogP contribution in [0.25, 0.3) is 6.08 Å². The van der Waals surface area contributed by atoms with Crippen LogP contribution in [0.2, 0.25) is 5.02 Å². The van der Waals surface area contributed by atoms with Crippen LogP contribution in [0, 0.1) is 0 Å². The molecule has 1 aliphatic heterocycles. The van der Waals surface area contributed by atoms with Crippen LogP contribution in [0.4, 0.5) is 0 Å². The number of esters is 1. The number of aromatic nitrogens is 1. The van der Waals surface area contributed by atoms with Crippen LogP contribution in [0.5, 0.6) is 5.75 Å². The van der Waals surface area contributed by atoms with Gasteiger partial charge in [0.1, 0.15) is 11.8 Å². The Bertz CT molecular complexity index is 1490. The van der Waals surface area contributed by atoms with E-state index in [0.717, 1.165) is 16.9 Å². The van der Waals surface area contributed by atoms with Gasteiger partial charge in [0.25, 0.3) is 5.56 Å². The first-order valence-electron chi connectivity index (χ1n) is 11.6. The van der Waals surface area contributed by atoms with Crippen molar-refractivity contribution in [1.82, 2.24) is 4.57 Å². The number of carbonyl (C=O) groups is 1. The summed E-state index contributed by atoms with van der Waals surface area (Å²) in [5.41, 5.74) is 2.22. The van der Waals surface area contributed by atoms with Crippen molar-refractivity contribution < 1.29 is 14.3 Å². The van der Waals surface area contributed by atoms with Crippen LogP contribution in [0.15, 0.2) is 68.4 Å². The minimum Gasteiger partial charge on any atom is -0.496 e. The Balaban J connectivity index is 2.02. The molecule has 0 bridgehead atoms. The molecule has 0 aliphatic carbocycles. The van der Waals surface area contributed by atoms with Gasteiger partial charge < -0.3 is 9.47 Å². The zero-order valence-electron chi connectivity index (χ0n) is 20.5. The van der Waals surface area contributed by atoms with Crippen LogP contribution >= 0.6 is 34.7 Å². The number of hydrogen-bond donors (Lipinski definition) is 0. The predicted molar refractivity (Wildman–Crippen MR) is 146 cm³/mol. The maximum atomic E-state index is 13.8. The molecule has 6 nitrogen and oxygen atoms in total. The molecule has 9 heteroatoms. The summed E-state index contributed by atoms with van der Waals surface area (Å²) < 4.78 is 13.2. The van der Waals surface area contributed by atoms with E-state index in [1.54, 1.807) is 48.6 Å². The summed E-state index contributed by atoms with van der Waals surface area (Å²) in [6, 6.07) is 12.4. The van der Waals surface area contributed by atoms with Crippen molar-refractivity contribution in [1.29, 1.82) is 0 Å². The van der Waals surface area contributed by atoms with Crippen molar-refractivity contribution in [2.75, 3.05) is 20.0 Å². The van der Waals surface area contributed by atoms with Crippen molar-refractivity contribution in [3.63, 3.8) is 0 Å². The normalized spacial score (nSPS) is 15.5. The van der Waals surface area contributed by atoms with E-state index in [9.17, 15) is 9.59 Å². The van der Waals surface area contributed by atoms with Gasteiger partial charge >= 0.3 is 5.97 Å². The molecule has 0 radical (unpaired) electrons. The third kappa shape index (κ3) is 5.16. The van der Waals surface area contributed by atoms with Crippen molar-refractivity contribution in [3.05, 3.63) is 89.6 Å². The van der Waals surface area contributed by atoms with Gasteiger partial charge in [0.2, 0.25) is 0 Å². The van der Waals surface area contributed by atoms with Gasteiger partial charge in [0, 0.05) is 15.5 Å². The lowest BCUT2D eigenvalue weighted by atomic mass is 9.93. The van der Waals surface area contributed by atoms with Gasteiger partial charge in [-0.25, -0.2) is 9.79 Å². The summed E-state index contributed by atoms with van der Waals surface area (Å²) in [5, 5.41) is 0.471. The molecule has 0 saturated heterocycles. The van der Waals surface area contributed by atoms with Gasteiger partial charge in [0.05, 0.1) is 29.5 Å². The van der Waals surface area contributed by atoms with Crippen molar-refractivity contribution >= 4 is 46.7 Å². The van der Waals surface area contributed by atoms with Crippen molar-refractivity contribution in [2.24, 2.45) is 4.99 Å². The maximum absolute atomic E-state index is 13.8. The Morgan fingerprint density at radius 3 is 2.61 bits per heavy atom. The van der Waals surface area contributed by atoms with E-state index in [-0.39, 0.29) is 12.2 Å². The lowest BCUT2D eigenvalue weighted by Crippen LogP contribution is -2.40. The number of rotatable bonds is 8. The highest BCUT2D eigenvalue weighted by Crippen LogP contribution is 2.38. The Morgan fingerprint density at radius 2 is 1.97 bits per heavy atom. The lowest BCUT2D eigenvalue weighted by molar-refractivity contribution is -0.139. The fourth-order valence-electron chi connectivity index (χ4n) is 4.19. The topological polar surface area (TPSA) is 69.9 Å².